The van der Waals surface area contributed by atoms with Crippen molar-refractivity contribution in [2.75, 3.05) is 0 Å². The molecule has 0 aliphatic rings. The van der Waals surface area contributed by atoms with Gasteiger partial charge in [0.15, 0.2) is 0 Å². The van der Waals surface area contributed by atoms with Gasteiger partial charge >= 0.3 is 0 Å². The first-order chi connectivity index (χ1) is 6.57. The van der Waals surface area contributed by atoms with E-state index in [-0.39, 0.29) is 5.92 Å². The number of halogens is 2. The molecular weight excluding hydrogens is 219 g/mol. The van der Waals surface area contributed by atoms with Gasteiger partial charge in [-0.25, -0.2) is 0 Å². The Labute approximate surface area is 94.7 Å². The van der Waals surface area contributed by atoms with Crippen LogP contribution in [0.4, 0.5) is 0 Å². The molecule has 1 N–H and O–H groups in total. The van der Waals surface area contributed by atoms with Crippen molar-refractivity contribution < 1.29 is 5.11 Å². The first-order valence-corrected chi connectivity index (χ1v) is 5.28. The van der Waals surface area contributed by atoms with E-state index in [1.807, 2.05) is 19.1 Å². The molecule has 0 bridgehead atoms. The highest BCUT2D eigenvalue weighted by Crippen LogP contribution is 2.32. The predicted octanol–water partition coefficient (Wildman–Crippen LogP) is 3.68. The van der Waals surface area contributed by atoms with Gasteiger partial charge in [0.1, 0.15) is 0 Å². The SMILES string of the molecule is [CH2]C(c1cccc(Cl)c1Cl)C(O)CC. The molecule has 14 heavy (non-hydrogen) atoms. The molecule has 0 aromatic heterocycles. The van der Waals surface area contributed by atoms with Gasteiger partial charge in [0.25, 0.3) is 0 Å². The molecule has 1 rings (SSSR count). The summed E-state index contributed by atoms with van der Waals surface area (Å²) in [6, 6.07) is 5.37. The van der Waals surface area contributed by atoms with Gasteiger partial charge in [0.05, 0.1) is 16.1 Å². The smallest absolute Gasteiger partial charge is 0.0628 e. The van der Waals surface area contributed by atoms with Gasteiger partial charge in [-0.15, -0.1) is 0 Å². The summed E-state index contributed by atoms with van der Waals surface area (Å²) in [6.07, 6.45) is 0.169. The van der Waals surface area contributed by atoms with Crippen LogP contribution in [0.25, 0.3) is 0 Å². The molecule has 1 nitrogen and oxygen atoms in total. The number of benzene rings is 1. The Balaban J connectivity index is 3.01. The second-order valence-electron chi connectivity index (χ2n) is 3.23. The molecule has 1 aromatic carbocycles. The Kier molecular flexibility index (Phi) is 4.24. The quantitative estimate of drug-likeness (QED) is 0.842. The second kappa shape index (κ2) is 5.01. The van der Waals surface area contributed by atoms with Crippen molar-refractivity contribution in [3.05, 3.63) is 40.7 Å². The fourth-order valence-corrected chi connectivity index (χ4v) is 1.75. The van der Waals surface area contributed by atoms with Crippen LogP contribution < -0.4 is 0 Å². The van der Waals surface area contributed by atoms with E-state index >= 15 is 0 Å². The molecule has 1 radical (unpaired) electrons. The Bertz CT molecular complexity index is 312. The van der Waals surface area contributed by atoms with E-state index in [0.717, 1.165) is 5.56 Å². The monoisotopic (exact) mass is 231 g/mol. The molecule has 2 unspecified atom stereocenters. The molecule has 3 heteroatoms. The van der Waals surface area contributed by atoms with Crippen LogP contribution in [0, 0.1) is 6.92 Å². The molecule has 1 aromatic rings. The summed E-state index contributed by atoms with van der Waals surface area (Å²) in [5, 5.41) is 10.6. The molecule has 0 amide bonds. The number of aliphatic hydroxyl groups excluding tert-OH is 1. The molecule has 0 fully saturated rings. The molecule has 0 heterocycles. The number of aliphatic hydroxyl groups is 1. The third-order valence-electron chi connectivity index (χ3n) is 2.26. The van der Waals surface area contributed by atoms with Crippen LogP contribution in [0.3, 0.4) is 0 Å². The topological polar surface area (TPSA) is 20.2 Å². The summed E-state index contributed by atoms with van der Waals surface area (Å²) in [5.74, 6) is -0.230. The van der Waals surface area contributed by atoms with Gasteiger partial charge in [0, 0.05) is 5.92 Å². The number of hydrogen-bond donors (Lipinski definition) is 1. The van der Waals surface area contributed by atoms with E-state index in [1.54, 1.807) is 6.07 Å². The van der Waals surface area contributed by atoms with Crippen molar-refractivity contribution in [2.45, 2.75) is 25.4 Å². The van der Waals surface area contributed by atoms with Crippen LogP contribution in [0.15, 0.2) is 18.2 Å². The fourth-order valence-electron chi connectivity index (χ4n) is 1.30. The minimum Gasteiger partial charge on any atom is -0.393 e. The zero-order valence-electron chi connectivity index (χ0n) is 8.00. The number of hydrogen-bond acceptors (Lipinski definition) is 1. The predicted molar refractivity (Wildman–Crippen MR) is 60.9 cm³/mol. The van der Waals surface area contributed by atoms with Gasteiger partial charge in [-0.3, -0.25) is 0 Å². The lowest BCUT2D eigenvalue weighted by atomic mass is 9.94. The highest BCUT2D eigenvalue weighted by molar-refractivity contribution is 6.42. The average molecular weight is 232 g/mol. The maximum absolute atomic E-state index is 9.63. The Morgan fingerprint density at radius 3 is 2.64 bits per heavy atom. The van der Waals surface area contributed by atoms with Gasteiger partial charge in [-0.1, -0.05) is 42.3 Å². The zero-order chi connectivity index (χ0) is 10.7. The molecular formula is C11H13Cl2O. The van der Waals surface area contributed by atoms with E-state index in [1.165, 1.54) is 0 Å². The summed E-state index contributed by atoms with van der Waals surface area (Å²) < 4.78 is 0. The van der Waals surface area contributed by atoms with Crippen molar-refractivity contribution in [2.24, 2.45) is 0 Å². The standard InChI is InChI=1S/C11H13Cl2O/c1-3-10(14)7(2)8-5-4-6-9(12)11(8)13/h4-7,10,14H,2-3H2,1H3. The highest BCUT2D eigenvalue weighted by atomic mass is 35.5. The van der Waals surface area contributed by atoms with Crippen LogP contribution >= 0.6 is 23.2 Å². The summed E-state index contributed by atoms with van der Waals surface area (Å²) >= 11 is 11.9. The normalized spacial score (nSPS) is 15.2. The van der Waals surface area contributed by atoms with Crippen molar-refractivity contribution in [1.82, 2.24) is 0 Å². The van der Waals surface area contributed by atoms with Crippen LogP contribution in [0.1, 0.15) is 24.8 Å². The third kappa shape index (κ3) is 2.41. The van der Waals surface area contributed by atoms with Gasteiger partial charge in [-0.05, 0) is 25.0 Å². The zero-order valence-corrected chi connectivity index (χ0v) is 9.52. The largest absolute Gasteiger partial charge is 0.393 e. The maximum atomic E-state index is 9.63. The van der Waals surface area contributed by atoms with E-state index < -0.39 is 6.10 Å². The number of rotatable bonds is 3. The molecule has 2 atom stereocenters. The lowest BCUT2D eigenvalue weighted by molar-refractivity contribution is 0.154. The van der Waals surface area contributed by atoms with Gasteiger partial charge in [0.2, 0.25) is 0 Å². The van der Waals surface area contributed by atoms with E-state index in [0.29, 0.717) is 16.5 Å². The lowest BCUT2D eigenvalue weighted by Gasteiger charge is -2.19. The Morgan fingerprint density at radius 2 is 2.07 bits per heavy atom. The fraction of sp³-hybridized carbons (Fsp3) is 0.364. The van der Waals surface area contributed by atoms with Gasteiger partial charge < -0.3 is 5.11 Å². The van der Waals surface area contributed by atoms with Crippen LogP contribution in [-0.4, -0.2) is 11.2 Å². The van der Waals surface area contributed by atoms with Crippen molar-refractivity contribution in [3.63, 3.8) is 0 Å². The minimum absolute atomic E-state index is 0.230. The van der Waals surface area contributed by atoms with E-state index in [4.69, 9.17) is 23.2 Å². The van der Waals surface area contributed by atoms with Crippen LogP contribution in [0.2, 0.25) is 10.0 Å². The first kappa shape index (κ1) is 11.8. The summed E-state index contributed by atoms with van der Waals surface area (Å²) in [4.78, 5) is 0. The Hall–Kier alpha value is -0.240. The average Bonchev–Trinajstić information content (AvgIpc) is 2.20. The molecule has 0 spiro atoms. The first-order valence-electron chi connectivity index (χ1n) is 4.53. The summed E-state index contributed by atoms with van der Waals surface area (Å²) in [5.41, 5.74) is 0.800. The molecule has 0 aliphatic carbocycles. The Morgan fingerprint density at radius 1 is 1.43 bits per heavy atom. The van der Waals surface area contributed by atoms with Crippen molar-refractivity contribution >= 4 is 23.2 Å². The molecule has 77 valence electrons. The summed E-state index contributed by atoms with van der Waals surface area (Å²) in [6.45, 7) is 5.79. The van der Waals surface area contributed by atoms with Gasteiger partial charge in [-0.2, -0.15) is 0 Å². The van der Waals surface area contributed by atoms with Crippen molar-refractivity contribution in [3.8, 4) is 0 Å². The summed E-state index contributed by atoms with van der Waals surface area (Å²) in [7, 11) is 0. The van der Waals surface area contributed by atoms with Crippen LogP contribution in [-0.2, 0) is 0 Å². The van der Waals surface area contributed by atoms with Crippen molar-refractivity contribution in [1.29, 1.82) is 0 Å². The van der Waals surface area contributed by atoms with E-state index in [9.17, 15) is 5.11 Å². The molecule has 0 aliphatic heterocycles. The van der Waals surface area contributed by atoms with Crippen LogP contribution in [0.5, 0.6) is 0 Å². The third-order valence-corrected chi connectivity index (χ3v) is 3.10. The van der Waals surface area contributed by atoms with E-state index in [2.05, 4.69) is 6.92 Å². The minimum atomic E-state index is -0.481. The molecule has 0 saturated carbocycles. The highest BCUT2D eigenvalue weighted by Gasteiger charge is 2.18. The lowest BCUT2D eigenvalue weighted by Crippen LogP contribution is -2.15. The molecule has 0 saturated heterocycles. The second-order valence-corrected chi connectivity index (χ2v) is 4.01. The maximum Gasteiger partial charge on any atom is 0.0628 e.